The molecule has 1 heterocycles. The molecule has 1 heteroatoms. The second-order valence-electron chi connectivity index (χ2n) is 11.1. The normalized spacial score (nSPS) is 13.4. The first-order chi connectivity index (χ1) is 19.6. The molecular formula is C39H31N. The van der Waals surface area contributed by atoms with Gasteiger partial charge in [0.15, 0.2) is 0 Å². The van der Waals surface area contributed by atoms with Crippen LogP contribution in [0.4, 0.5) is 17.1 Å². The Bertz CT molecular complexity index is 1780. The third-order valence-electron chi connectivity index (χ3n) is 8.29. The number of hydrogen-bond acceptors (Lipinski definition) is 1. The maximum absolute atomic E-state index is 2.42. The summed E-state index contributed by atoms with van der Waals surface area (Å²) in [6, 6.07) is 54.9. The van der Waals surface area contributed by atoms with Crippen molar-refractivity contribution < 1.29 is 0 Å². The van der Waals surface area contributed by atoms with E-state index in [2.05, 4.69) is 170 Å². The van der Waals surface area contributed by atoms with Gasteiger partial charge in [-0.2, -0.15) is 0 Å². The zero-order chi connectivity index (χ0) is 27.1. The van der Waals surface area contributed by atoms with Crippen molar-refractivity contribution in [2.75, 3.05) is 4.90 Å². The number of hydrogen-bond donors (Lipinski definition) is 0. The van der Waals surface area contributed by atoms with E-state index in [1.165, 1.54) is 61.6 Å². The highest BCUT2D eigenvalue weighted by Crippen LogP contribution is 2.52. The highest BCUT2D eigenvalue weighted by molar-refractivity contribution is 5.88. The topological polar surface area (TPSA) is 3.24 Å². The van der Waals surface area contributed by atoms with Crippen LogP contribution in [0.1, 0.15) is 25.0 Å². The summed E-state index contributed by atoms with van der Waals surface area (Å²) < 4.78 is 0. The van der Waals surface area contributed by atoms with Gasteiger partial charge in [0, 0.05) is 11.1 Å². The average molecular weight is 514 g/mol. The van der Waals surface area contributed by atoms with Crippen LogP contribution < -0.4 is 4.90 Å². The molecule has 0 aromatic heterocycles. The molecule has 0 radical (unpaired) electrons. The Morgan fingerprint density at radius 1 is 0.375 bits per heavy atom. The van der Waals surface area contributed by atoms with Crippen LogP contribution >= 0.6 is 0 Å². The molecule has 6 aromatic rings. The van der Waals surface area contributed by atoms with Crippen LogP contribution in [0.15, 0.2) is 152 Å². The van der Waals surface area contributed by atoms with Gasteiger partial charge in [0.05, 0.1) is 11.4 Å². The molecule has 1 aliphatic rings. The van der Waals surface area contributed by atoms with Gasteiger partial charge in [-0.1, -0.05) is 135 Å². The molecule has 0 unspecified atom stereocenters. The molecule has 1 aliphatic heterocycles. The summed E-state index contributed by atoms with van der Waals surface area (Å²) in [5.74, 6) is 0. The fourth-order valence-corrected chi connectivity index (χ4v) is 6.08. The van der Waals surface area contributed by atoms with E-state index in [1.54, 1.807) is 0 Å². The molecular weight excluding hydrogens is 482 g/mol. The van der Waals surface area contributed by atoms with E-state index in [0.717, 1.165) is 0 Å². The Morgan fingerprint density at radius 2 is 0.800 bits per heavy atom. The second-order valence-corrected chi connectivity index (χ2v) is 11.1. The molecule has 6 aromatic carbocycles. The van der Waals surface area contributed by atoms with E-state index < -0.39 is 0 Å². The van der Waals surface area contributed by atoms with Crippen LogP contribution in [-0.4, -0.2) is 0 Å². The Morgan fingerprint density at radius 3 is 1.40 bits per heavy atom. The molecule has 0 saturated carbocycles. The SMILES string of the molecule is CC1(C)c2ccccc2N(c2ccc(-c3ccccc3)cc2)c2ccc(-c3ccc(-c4ccccc4)cc3)cc21. The number of rotatable bonds is 4. The molecule has 7 rings (SSSR count). The van der Waals surface area contributed by atoms with Gasteiger partial charge in [-0.15, -0.1) is 0 Å². The smallest absolute Gasteiger partial charge is 0.0503 e. The Balaban J connectivity index is 1.31. The minimum Gasteiger partial charge on any atom is -0.310 e. The summed E-state index contributed by atoms with van der Waals surface area (Å²) in [6.45, 7) is 4.70. The van der Waals surface area contributed by atoms with Gasteiger partial charge >= 0.3 is 0 Å². The molecule has 0 atom stereocenters. The van der Waals surface area contributed by atoms with E-state index >= 15 is 0 Å². The summed E-state index contributed by atoms with van der Waals surface area (Å²) in [5.41, 5.74) is 13.6. The van der Waals surface area contributed by atoms with Crippen molar-refractivity contribution in [2.45, 2.75) is 19.3 Å². The number of benzene rings is 6. The van der Waals surface area contributed by atoms with Gasteiger partial charge < -0.3 is 4.90 Å². The van der Waals surface area contributed by atoms with Crippen LogP contribution in [0.25, 0.3) is 33.4 Å². The van der Waals surface area contributed by atoms with Crippen molar-refractivity contribution in [1.82, 2.24) is 0 Å². The quantitative estimate of drug-likeness (QED) is 0.227. The minimum atomic E-state index is -0.133. The molecule has 0 aliphatic carbocycles. The standard InChI is InChI=1S/C39H31N/c1-39(2)35-15-9-10-16-37(35)40(34-24-21-31(22-25-34)29-13-7-4-8-14-29)38-26-23-33(27-36(38)39)32-19-17-30(18-20-32)28-11-5-3-6-12-28/h3-27H,1-2H3. The summed E-state index contributed by atoms with van der Waals surface area (Å²) in [7, 11) is 0. The van der Waals surface area contributed by atoms with Crippen molar-refractivity contribution in [1.29, 1.82) is 0 Å². The van der Waals surface area contributed by atoms with Crippen molar-refractivity contribution in [3.63, 3.8) is 0 Å². The monoisotopic (exact) mass is 513 g/mol. The lowest BCUT2D eigenvalue weighted by molar-refractivity contribution is 0.632. The van der Waals surface area contributed by atoms with Crippen molar-refractivity contribution in [3.8, 4) is 33.4 Å². The molecule has 1 nitrogen and oxygen atoms in total. The Hall–Kier alpha value is -4.88. The fourth-order valence-electron chi connectivity index (χ4n) is 6.08. The first-order valence-electron chi connectivity index (χ1n) is 14.0. The van der Waals surface area contributed by atoms with E-state index in [-0.39, 0.29) is 5.41 Å². The van der Waals surface area contributed by atoms with E-state index in [1.807, 2.05) is 0 Å². The predicted molar refractivity (Wildman–Crippen MR) is 170 cm³/mol. The highest BCUT2D eigenvalue weighted by atomic mass is 15.2. The van der Waals surface area contributed by atoms with Crippen LogP contribution in [0.2, 0.25) is 0 Å². The summed E-state index contributed by atoms with van der Waals surface area (Å²) in [6.07, 6.45) is 0. The maximum Gasteiger partial charge on any atom is 0.0503 e. The lowest BCUT2D eigenvalue weighted by Crippen LogP contribution is -2.30. The second kappa shape index (κ2) is 9.70. The Labute approximate surface area is 237 Å². The zero-order valence-electron chi connectivity index (χ0n) is 22.9. The average Bonchev–Trinajstić information content (AvgIpc) is 3.02. The number of anilines is 3. The minimum absolute atomic E-state index is 0.133. The molecule has 0 fully saturated rings. The van der Waals surface area contributed by atoms with Gasteiger partial charge in [-0.25, -0.2) is 0 Å². The van der Waals surface area contributed by atoms with E-state index in [4.69, 9.17) is 0 Å². The molecule has 0 spiro atoms. The van der Waals surface area contributed by atoms with Gasteiger partial charge in [0.1, 0.15) is 0 Å². The van der Waals surface area contributed by atoms with Gasteiger partial charge in [0.25, 0.3) is 0 Å². The first-order valence-corrected chi connectivity index (χ1v) is 14.0. The zero-order valence-corrected chi connectivity index (χ0v) is 22.9. The summed E-state index contributed by atoms with van der Waals surface area (Å²) >= 11 is 0. The lowest BCUT2D eigenvalue weighted by atomic mass is 9.73. The van der Waals surface area contributed by atoms with Gasteiger partial charge in [0.2, 0.25) is 0 Å². The van der Waals surface area contributed by atoms with E-state index in [9.17, 15) is 0 Å². The number of para-hydroxylation sites is 1. The van der Waals surface area contributed by atoms with Crippen molar-refractivity contribution in [2.24, 2.45) is 0 Å². The van der Waals surface area contributed by atoms with E-state index in [0.29, 0.717) is 0 Å². The van der Waals surface area contributed by atoms with Crippen LogP contribution in [-0.2, 0) is 5.41 Å². The molecule has 0 amide bonds. The van der Waals surface area contributed by atoms with Crippen molar-refractivity contribution in [3.05, 3.63) is 163 Å². The molecule has 40 heavy (non-hydrogen) atoms. The fraction of sp³-hybridized carbons (Fsp3) is 0.0769. The molecule has 0 saturated heterocycles. The van der Waals surface area contributed by atoms with Crippen LogP contribution in [0.3, 0.4) is 0 Å². The molecule has 0 N–H and O–H groups in total. The van der Waals surface area contributed by atoms with Gasteiger partial charge in [-0.05, 0) is 74.8 Å². The lowest BCUT2D eigenvalue weighted by Gasteiger charge is -2.42. The van der Waals surface area contributed by atoms with Crippen LogP contribution in [0, 0.1) is 0 Å². The predicted octanol–water partition coefficient (Wildman–Crippen LogP) is 10.8. The maximum atomic E-state index is 2.42. The highest BCUT2D eigenvalue weighted by Gasteiger charge is 2.36. The number of fused-ring (bicyclic) bond motifs is 2. The largest absolute Gasteiger partial charge is 0.310 e. The third kappa shape index (κ3) is 4.12. The van der Waals surface area contributed by atoms with Gasteiger partial charge in [-0.3, -0.25) is 0 Å². The first kappa shape index (κ1) is 24.2. The summed E-state index contributed by atoms with van der Waals surface area (Å²) in [4.78, 5) is 2.42. The third-order valence-corrected chi connectivity index (χ3v) is 8.29. The molecule has 0 bridgehead atoms. The van der Waals surface area contributed by atoms with Crippen molar-refractivity contribution >= 4 is 17.1 Å². The Kier molecular flexibility index (Phi) is 5.86. The molecule has 192 valence electrons. The van der Waals surface area contributed by atoms with Crippen LogP contribution in [0.5, 0.6) is 0 Å². The number of nitrogens with zero attached hydrogens (tertiary/aromatic N) is 1. The summed E-state index contributed by atoms with van der Waals surface area (Å²) in [5, 5.41) is 0.